The van der Waals surface area contributed by atoms with Crippen LogP contribution in [-0.4, -0.2) is 20.8 Å². The van der Waals surface area contributed by atoms with Crippen LogP contribution in [-0.2, 0) is 6.54 Å². The van der Waals surface area contributed by atoms with E-state index >= 15 is 0 Å². The third-order valence-electron chi connectivity index (χ3n) is 2.82. The lowest BCUT2D eigenvalue weighted by Gasteiger charge is -2.13. The van der Waals surface area contributed by atoms with Gasteiger partial charge in [-0.05, 0) is 44.0 Å². The first-order chi connectivity index (χ1) is 8.67. The lowest BCUT2D eigenvalue weighted by molar-refractivity contribution is 0.294. The van der Waals surface area contributed by atoms with Crippen molar-refractivity contribution in [3.8, 4) is 11.5 Å². The molecule has 0 saturated carbocycles. The van der Waals surface area contributed by atoms with E-state index < -0.39 is 0 Å². The third-order valence-corrected chi connectivity index (χ3v) is 2.82. The standard InChI is InChI=1S/C15H25NO2/c1-12(2)6-5-9-18-15-8-7-14(17-4)10-13(15)11-16-3/h7-8,10,12,16H,5-6,9,11H2,1-4H3. The van der Waals surface area contributed by atoms with E-state index in [1.54, 1.807) is 7.11 Å². The van der Waals surface area contributed by atoms with Gasteiger partial charge in [-0.2, -0.15) is 0 Å². The number of hydrogen-bond acceptors (Lipinski definition) is 3. The molecule has 0 aromatic heterocycles. The summed E-state index contributed by atoms with van der Waals surface area (Å²) < 4.78 is 11.1. The zero-order chi connectivity index (χ0) is 13.4. The second-order valence-electron chi connectivity index (χ2n) is 4.89. The van der Waals surface area contributed by atoms with Gasteiger partial charge in [-0.25, -0.2) is 0 Å². The molecule has 0 bridgehead atoms. The van der Waals surface area contributed by atoms with Gasteiger partial charge in [-0.1, -0.05) is 13.8 Å². The summed E-state index contributed by atoms with van der Waals surface area (Å²) in [5.74, 6) is 2.56. The van der Waals surface area contributed by atoms with Crippen molar-refractivity contribution in [2.24, 2.45) is 5.92 Å². The lowest BCUT2D eigenvalue weighted by atomic mass is 10.1. The molecule has 0 fully saturated rings. The van der Waals surface area contributed by atoms with Crippen LogP contribution in [0.4, 0.5) is 0 Å². The van der Waals surface area contributed by atoms with Gasteiger partial charge in [0.25, 0.3) is 0 Å². The largest absolute Gasteiger partial charge is 0.497 e. The third kappa shape index (κ3) is 4.96. The fraction of sp³-hybridized carbons (Fsp3) is 0.600. The van der Waals surface area contributed by atoms with Crippen molar-refractivity contribution >= 4 is 0 Å². The van der Waals surface area contributed by atoms with E-state index in [0.29, 0.717) is 0 Å². The molecule has 18 heavy (non-hydrogen) atoms. The van der Waals surface area contributed by atoms with Crippen molar-refractivity contribution in [1.82, 2.24) is 5.32 Å². The molecule has 0 spiro atoms. The van der Waals surface area contributed by atoms with E-state index in [9.17, 15) is 0 Å². The maximum atomic E-state index is 5.84. The molecule has 1 aromatic carbocycles. The smallest absolute Gasteiger partial charge is 0.124 e. The summed E-state index contributed by atoms with van der Waals surface area (Å²) in [6, 6.07) is 5.95. The first kappa shape index (κ1) is 14.8. The first-order valence-corrected chi connectivity index (χ1v) is 6.61. The summed E-state index contributed by atoms with van der Waals surface area (Å²) in [6.45, 7) is 6.04. The molecule has 0 aliphatic rings. The molecule has 0 aliphatic heterocycles. The maximum absolute atomic E-state index is 5.84. The molecule has 0 amide bonds. The van der Waals surface area contributed by atoms with Crippen LogP contribution in [0.5, 0.6) is 11.5 Å². The molecule has 0 atom stereocenters. The molecule has 0 unspecified atom stereocenters. The van der Waals surface area contributed by atoms with Crippen LogP contribution in [0.2, 0.25) is 0 Å². The topological polar surface area (TPSA) is 30.5 Å². The molecule has 0 radical (unpaired) electrons. The van der Waals surface area contributed by atoms with E-state index in [1.807, 2.05) is 25.2 Å². The van der Waals surface area contributed by atoms with Gasteiger partial charge in [0.1, 0.15) is 11.5 Å². The van der Waals surface area contributed by atoms with Crippen molar-refractivity contribution in [3.63, 3.8) is 0 Å². The highest BCUT2D eigenvalue weighted by atomic mass is 16.5. The molecular weight excluding hydrogens is 226 g/mol. The Hall–Kier alpha value is -1.22. The van der Waals surface area contributed by atoms with E-state index in [0.717, 1.165) is 42.6 Å². The average Bonchev–Trinajstić information content (AvgIpc) is 2.36. The van der Waals surface area contributed by atoms with Crippen molar-refractivity contribution in [2.45, 2.75) is 33.2 Å². The fourth-order valence-electron chi connectivity index (χ4n) is 1.83. The molecule has 1 N–H and O–H groups in total. The highest BCUT2D eigenvalue weighted by Crippen LogP contribution is 2.24. The average molecular weight is 251 g/mol. The Morgan fingerprint density at radius 2 is 2.06 bits per heavy atom. The van der Waals surface area contributed by atoms with Crippen LogP contribution in [0.15, 0.2) is 18.2 Å². The van der Waals surface area contributed by atoms with Crippen molar-refractivity contribution < 1.29 is 9.47 Å². The Morgan fingerprint density at radius 1 is 1.28 bits per heavy atom. The second kappa shape index (κ2) is 7.98. The molecule has 1 aromatic rings. The van der Waals surface area contributed by atoms with Gasteiger partial charge in [0.05, 0.1) is 13.7 Å². The summed E-state index contributed by atoms with van der Waals surface area (Å²) in [7, 11) is 3.61. The minimum Gasteiger partial charge on any atom is -0.497 e. The molecular formula is C15H25NO2. The van der Waals surface area contributed by atoms with Crippen LogP contribution < -0.4 is 14.8 Å². The number of ether oxygens (including phenoxy) is 2. The molecule has 0 heterocycles. The first-order valence-electron chi connectivity index (χ1n) is 6.61. The number of rotatable bonds is 8. The Kier molecular flexibility index (Phi) is 6.58. The quantitative estimate of drug-likeness (QED) is 0.720. The predicted octanol–water partition coefficient (Wildman–Crippen LogP) is 3.23. The summed E-state index contributed by atoms with van der Waals surface area (Å²) in [5.41, 5.74) is 1.14. The number of hydrogen-bond donors (Lipinski definition) is 1. The predicted molar refractivity (Wildman–Crippen MR) is 75.3 cm³/mol. The Labute approximate surface area is 110 Å². The molecule has 1 rings (SSSR count). The highest BCUT2D eigenvalue weighted by Gasteiger charge is 2.05. The normalized spacial score (nSPS) is 10.7. The Morgan fingerprint density at radius 3 is 2.67 bits per heavy atom. The summed E-state index contributed by atoms with van der Waals surface area (Å²) in [6.07, 6.45) is 2.31. The second-order valence-corrected chi connectivity index (χ2v) is 4.89. The molecule has 102 valence electrons. The van der Waals surface area contributed by atoms with Crippen LogP contribution in [0.3, 0.4) is 0 Å². The SMILES string of the molecule is CNCc1cc(OC)ccc1OCCCC(C)C. The van der Waals surface area contributed by atoms with Gasteiger partial charge in [-0.15, -0.1) is 0 Å². The van der Waals surface area contributed by atoms with Crippen LogP contribution in [0.1, 0.15) is 32.3 Å². The van der Waals surface area contributed by atoms with Crippen LogP contribution in [0, 0.1) is 5.92 Å². The van der Waals surface area contributed by atoms with E-state index in [2.05, 4.69) is 19.2 Å². The Balaban J connectivity index is 2.57. The fourth-order valence-corrected chi connectivity index (χ4v) is 1.83. The van der Waals surface area contributed by atoms with Gasteiger partial charge in [0.15, 0.2) is 0 Å². The van der Waals surface area contributed by atoms with Gasteiger partial charge in [0, 0.05) is 12.1 Å². The molecule has 0 aliphatic carbocycles. The minimum atomic E-state index is 0.737. The van der Waals surface area contributed by atoms with Gasteiger partial charge in [0.2, 0.25) is 0 Å². The van der Waals surface area contributed by atoms with Crippen molar-refractivity contribution in [1.29, 1.82) is 0 Å². The minimum absolute atomic E-state index is 0.737. The van der Waals surface area contributed by atoms with E-state index in [1.165, 1.54) is 6.42 Å². The number of methoxy groups -OCH3 is 1. The summed E-state index contributed by atoms with van der Waals surface area (Å²) >= 11 is 0. The van der Waals surface area contributed by atoms with Crippen LogP contribution >= 0.6 is 0 Å². The van der Waals surface area contributed by atoms with Crippen molar-refractivity contribution in [2.75, 3.05) is 20.8 Å². The van der Waals surface area contributed by atoms with Gasteiger partial charge < -0.3 is 14.8 Å². The summed E-state index contributed by atoms with van der Waals surface area (Å²) in [4.78, 5) is 0. The zero-order valence-corrected chi connectivity index (χ0v) is 12.0. The number of benzene rings is 1. The molecule has 3 heteroatoms. The van der Waals surface area contributed by atoms with E-state index in [4.69, 9.17) is 9.47 Å². The molecule has 0 saturated heterocycles. The number of nitrogens with one attached hydrogen (secondary N) is 1. The molecule has 3 nitrogen and oxygen atoms in total. The van der Waals surface area contributed by atoms with E-state index in [-0.39, 0.29) is 0 Å². The van der Waals surface area contributed by atoms with Gasteiger partial charge in [-0.3, -0.25) is 0 Å². The van der Waals surface area contributed by atoms with Crippen LogP contribution in [0.25, 0.3) is 0 Å². The highest BCUT2D eigenvalue weighted by molar-refractivity contribution is 5.40. The zero-order valence-electron chi connectivity index (χ0n) is 12.0. The van der Waals surface area contributed by atoms with Crippen molar-refractivity contribution in [3.05, 3.63) is 23.8 Å². The lowest BCUT2D eigenvalue weighted by Crippen LogP contribution is -2.08. The maximum Gasteiger partial charge on any atom is 0.124 e. The van der Waals surface area contributed by atoms with Gasteiger partial charge >= 0.3 is 0 Å². The summed E-state index contributed by atoms with van der Waals surface area (Å²) in [5, 5.41) is 3.15. The monoisotopic (exact) mass is 251 g/mol. The Bertz CT molecular complexity index is 350.